The van der Waals surface area contributed by atoms with Crippen molar-refractivity contribution in [3.8, 4) is 0 Å². The molecule has 27 heavy (non-hydrogen) atoms. The van der Waals surface area contributed by atoms with Crippen LogP contribution in [0.1, 0.15) is 41.6 Å². The maximum absolute atomic E-state index is 13.0. The Balaban J connectivity index is 1.54. The summed E-state index contributed by atoms with van der Waals surface area (Å²) in [5.41, 5.74) is 1.94. The monoisotopic (exact) mass is 367 g/mol. The lowest BCUT2D eigenvalue weighted by atomic mass is 10.0. The smallest absolute Gasteiger partial charge is 0.254 e. The number of aryl methyl sites for hydroxylation is 2. The fourth-order valence-electron chi connectivity index (χ4n) is 3.79. The molecule has 1 aromatic heterocycles. The highest BCUT2D eigenvalue weighted by atomic mass is 16.5. The van der Waals surface area contributed by atoms with E-state index >= 15 is 0 Å². The van der Waals surface area contributed by atoms with E-state index in [1.807, 2.05) is 35.2 Å². The van der Waals surface area contributed by atoms with E-state index in [0.717, 1.165) is 18.4 Å². The number of amides is 1. The van der Waals surface area contributed by atoms with Gasteiger partial charge in [0, 0.05) is 17.8 Å². The van der Waals surface area contributed by atoms with Crippen molar-refractivity contribution in [1.29, 1.82) is 0 Å². The van der Waals surface area contributed by atoms with Crippen molar-refractivity contribution >= 4 is 5.91 Å². The molecule has 1 amide bonds. The molecule has 2 aliphatic rings. The quantitative estimate of drug-likeness (QED) is 0.900. The van der Waals surface area contributed by atoms with Crippen LogP contribution in [0.4, 0.5) is 0 Å². The van der Waals surface area contributed by atoms with Gasteiger partial charge in [-0.05, 0) is 38.2 Å². The van der Waals surface area contributed by atoms with E-state index in [0.29, 0.717) is 36.1 Å². The van der Waals surface area contributed by atoms with Gasteiger partial charge < -0.3 is 14.6 Å². The first-order valence-corrected chi connectivity index (χ1v) is 9.56. The highest BCUT2D eigenvalue weighted by molar-refractivity contribution is 5.79. The largest absolute Gasteiger partial charge is 0.366 e. The first-order valence-electron chi connectivity index (χ1n) is 9.56. The first kappa shape index (κ1) is 17.9. The molecule has 6 nitrogen and oxygen atoms in total. The number of morpholine rings is 1. The molecule has 0 spiro atoms. The van der Waals surface area contributed by atoms with E-state index in [1.165, 1.54) is 0 Å². The minimum atomic E-state index is -0.222. The molecule has 1 saturated heterocycles. The summed E-state index contributed by atoms with van der Waals surface area (Å²) in [6.07, 6.45) is 2.35. The molecule has 1 aliphatic carbocycles. The Morgan fingerprint density at radius 3 is 2.63 bits per heavy atom. The summed E-state index contributed by atoms with van der Waals surface area (Å²) in [5, 5.41) is 0. The number of carbonyl (C=O) groups is 1. The van der Waals surface area contributed by atoms with Gasteiger partial charge in [-0.15, -0.1) is 0 Å². The molecule has 2 atom stereocenters. The Bertz CT molecular complexity index is 889. The number of hydrogen-bond donors (Lipinski definition) is 1. The van der Waals surface area contributed by atoms with Crippen molar-refractivity contribution in [1.82, 2.24) is 14.9 Å². The molecular weight excluding hydrogens is 342 g/mol. The molecule has 1 aliphatic heterocycles. The van der Waals surface area contributed by atoms with Crippen molar-refractivity contribution < 1.29 is 9.53 Å². The lowest BCUT2D eigenvalue weighted by molar-refractivity contribution is -0.147. The average molecular weight is 367 g/mol. The number of H-pyrrole nitrogens is 1. The third-order valence-corrected chi connectivity index (χ3v) is 5.47. The summed E-state index contributed by atoms with van der Waals surface area (Å²) in [7, 11) is 0. The zero-order valence-electron chi connectivity index (χ0n) is 15.8. The Kier molecular flexibility index (Phi) is 4.83. The van der Waals surface area contributed by atoms with Crippen LogP contribution < -0.4 is 5.56 Å². The van der Waals surface area contributed by atoms with Crippen LogP contribution in [0.25, 0.3) is 0 Å². The van der Waals surface area contributed by atoms with Gasteiger partial charge in [-0.25, -0.2) is 4.98 Å². The van der Waals surface area contributed by atoms with E-state index in [1.54, 1.807) is 13.8 Å². The fraction of sp³-hybridized carbons (Fsp3) is 0.476. The number of rotatable bonds is 4. The summed E-state index contributed by atoms with van der Waals surface area (Å²) < 4.78 is 6.32. The molecule has 2 aromatic rings. The lowest BCUT2D eigenvalue weighted by Crippen LogP contribution is -2.48. The van der Waals surface area contributed by atoms with Gasteiger partial charge >= 0.3 is 0 Å². The summed E-state index contributed by atoms with van der Waals surface area (Å²) in [6, 6.07) is 10.1. The van der Waals surface area contributed by atoms with Crippen LogP contribution in [0.2, 0.25) is 0 Å². The Hall–Kier alpha value is -2.47. The molecule has 1 saturated carbocycles. The number of nitrogens with zero attached hydrogens (tertiary/aromatic N) is 2. The normalized spacial score (nSPS) is 22.7. The predicted octanol–water partition coefficient (Wildman–Crippen LogP) is 2.31. The number of benzene rings is 1. The molecule has 0 radical (unpaired) electrons. The molecular formula is C21H25N3O3. The maximum atomic E-state index is 13.0. The molecule has 2 heterocycles. The summed E-state index contributed by atoms with van der Waals surface area (Å²) in [4.78, 5) is 34.1. The van der Waals surface area contributed by atoms with E-state index in [-0.39, 0.29) is 30.1 Å². The number of aromatic amines is 1. The Morgan fingerprint density at radius 1 is 1.22 bits per heavy atom. The van der Waals surface area contributed by atoms with Gasteiger partial charge in [-0.3, -0.25) is 9.59 Å². The number of ether oxygens (including phenoxy) is 1. The van der Waals surface area contributed by atoms with Gasteiger partial charge in [0.2, 0.25) is 5.91 Å². The number of carbonyl (C=O) groups excluding carboxylic acids is 1. The van der Waals surface area contributed by atoms with Crippen LogP contribution >= 0.6 is 0 Å². The molecule has 2 fully saturated rings. The Morgan fingerprint density at radius 2 is 1.96 bits per heavy atom. The second-order valence-electron chi connectivity index (χ2n) is 7.60. The molecule has 1 N–H and O–H groups in total. The van der Waals surface area contributed by atoms with Gasteiger partial charge in [0.15, 0.2) is 0 Å². The van der Waals surface area contributed by atoms with E-state index < -0.39 is 0 Å². The van der Waals surface area contributed by atoms with Crippen molar-refractivity contribution in [2.45, 2.75) is 45.3 Å². The predicted molar refractivity (Wildman–Crippen MR) is 101 cm³/mol. The Labute approximate surface area is 158 Å². The van der Waals surface area contributed by atoms with Crippen LogP contribution in [-0.4, -0.2) is 40.0 Å². The molecule has 0 bridgehead atoms. The summed E-state index contributed by atoms with van der Waals surface area (Å²) in [6.45, 7) is 4.64. The summed E-state index contributed by atoms with van der Waals surface area (Å²) in [5.74, 6) is 1.07. The highest BCUT2D eigenvalue weighted by Crippen LogP contribution is 2.39. The van der Waals surface area contributed by atoms with E-state index in [9.17, 15) is 9.59 Å². The zero-order valence-corrected chi connectivity index (χ0v) is 15.8. The van der Waals surface area contributed by atoms with Gasteiger partial charge in [-0.1, -0.05) is 30.3 Å². The van der Waals surface area contributed by atoms with Crippen molar-refractivity contribution in [2.75, 3.05) is 13.1 Å². The van der Waals surface area contributed by atoms with Crippen molar-refractivity contribution in [3.05, 3.63) is 63.3 Å². The van der Waals surface area contributed by atoms with Crippen molar-refractivity contribution in [3.63, 3.8) is 0 Å². The van der Waals surface area contributed by atoms with E-state index in [2.05, 4.69) is 9.97 Å². The average Bonchev–Trinajstić information content (AvgIpc) is 3.50. The number of aromatic nitrogens is 2. The van der Waals surface area contributed by atoms with Crippen LogP contribution in [-0.2, 0) is 16.0 Å². The van der Waals surface area contributed by atoms with Gasteiger partial charge in [0.1, 0.15) is 11.9 Å². The van der Waals surface area contributed by atoms with Gasteiger partial charge in [0.25, 0.3) is 5.56 Å². The molecule has 4 rings (SSSR count). The highest BCUT2D eigenvalue weighted by Gasteiger charge is 2.40. The second-order valence-corrected chi connectivity index (χ2v) is 7.60. The summed E-state index contributed by atoms with van der Waals surface area (Å²) >= 11 is 0. The lowest BCUT2D eigenvalue weighted by Gasteiger charge is -2.38. The van der Waals surface area contributed by atoms with Crippen LogP contribution in [0.3, 0.4) is 0 Å². The molecule has 1 aromatic carbocycles. The molecule has 142 valence electrons. The topological polar surface area (TPSA) is 75.3 Å². The molecule has 6 heteroatoms. The third kappa shape index (κ3) is 3.95. The minimum absolute atomic E-state index is 0.0378. The van der Waals surface area contributed by atoms with E-state index in [4.69, 9.17) is 4.74 Å². The minimum Gasteiger partial charge on any atom is -0.366 e. The standard InChI is InChI=1S/C21H25N3O3/c1-13-17(21(26)23-14(2)22-13)10-20(25)24-11-18(15-6-4-3-5-7-15)27-19(12-24)16-8-9-16/h3-7,16,18-19H,8-12H2,1-2H3,(H,22,23,26)/t18-,19+/m0/s1. The number of nitrogens with one attached hydrogen (secondary N) is 1. The van der Waals surface area contributed by atoms with Gasteiger partial charge in [0.05, 0.1) is 19.1 Å². The van der Waals surface area contributed by atoms with Crippen molar-refractivity contribution in [2.24, 2.45) is 5.92 Å². The number of hydrogen-bond acceptors (Lipinski definition) is 4. The van der Waals surface area contributed by atoms with Gasteiger partial charge in [-0.2, -0.15) is 0 Å². The first-order chi connectivity index (χ1) is 13.0. The van der Waals surface area contributed by atoms with Crippen LogP contribution in [0, 0.1) is 19.8 Å². The molecule has 0 unspecified atom stereocenters. The van der Waals surface area contributed by atoms with Crippen LogP contribution in [0.5, 0.6) is 0 Å². The fourth-order valence-corrected chi connectivity index (χ4v) is 3.79. The maximum Gasteiger partial charge on any atom is 0.254 e. The SMILES string of the molecule is Cc1nc(C)c(CC(=O)N2C[C@@H](c3ccccc3)O[C@@H](C3CC3)C2)c(=O)[nH]1. The third-order valence-electron chi connectivity index (χ3n) is 5.47. The zero-order chi connectivity index (χ0) is 19.0. The second kappa shape index (κ2) is 7.27. The van der Waals surface area contributed by atoms with Crippen LogP contribution in [0.15, 0.2) is 35.1 Å².